The summed E-state index contributed by atoms with van der Waals surface area (Å²) in [5.41, 5.74) is -0.814. The van der Waals surface area contributed by atoms with Gasteiger partial charge in [0.05, 0.1) is 18.2 Å². The maximum absolute atomic E-state index is 12.6. The summed E-state index contributed by atoms with van der Waals surface area (Å²) in [5, 5.41) is 12.5. The van der Waals surface area contributed by atoms with E-state index in [2.05, 4.69) is 5.32 Å². The molecule has 1 aliphatic rings. The van der Waals surface area contributed by atoms with E-state index in [4.69, 9.17) is 4.74 Å². The Morgan fingerprint density at radius 1 is 1.21 bits per heavy atom. The molecular weight excluding hydrogens is 377 g/mol. The molecule has 1 fully saturated rings. The number of alkyl halides is 3. The van der Waals surface area contributed by atoms with Crippen LogP contribution < -0.4 is 5.32 Å². The fraction of sp³-hybridized carbons (Fsp3) is 0.579. The lowest BCUT2D eigenvalue weighted by atomic mass is 10.1. The Bertz CT molecular complexity index is 699. The number of ether oxygens (including phenoxy) is 1. The van der Waals surface area contributed by atoms with E-state index in [0.717, 1.165) is 12.1 Å². The molecule has 0 radical (unpaired) electrons. The molecule has 2 rings (SSSR count). The van der Waals surface area contributed by atoms with Crippen LogP contribution in [-0.2, 0) is 22.1 Å². The summed E-state index contributed by atoms with van der Waals surface area (Å²) in [4.78, 5) is 25.9. The summed E-state index contributed by atoms with van der Waals surface area (Å²) in [6.45, 7) is 5.31. The molecule has 0 unspecified atom stereocenters. The van der Waals surface area contributed by atoms with E-state index >= 15 is 0 Å². The Balaban J connectivity index is 1.90. The van der Waals surface area contributed by atoms with Gasteiger partial charge >= 0.3 is 12.3 Å². The van der Waals surface area contributed by atoms with Gasteiger partial charge in [0.2, 0.25) is 5.91 Å². The number of carbonyl (C=O) groups excluding carboxylic acids is 2. The van der Waals surface area contributed by atoms with Gasteiger partial charge in [0.25, 0.3) is 0 Å². The van der Waals surface area contributed by atoms with Crippen molar-refractivity contribution in [3.8, 4) is 0 Å². The summed E-state index contributed by atoms with van der Waals surface area (Å²) >= 11 is 0. The molecule has 0 saturated carbocycles. The number of likely N-dealkylation sites (tertiary alicyclic amines) is 1. The molecule has 0 aliphatic carbocycles. The van der Waals surface area contributed by atoms with Crippen LogP contribution in [0.2, 0.25) is 0 Å². The number of carbonyl (C=O) groups is 2. The fourth-order valence-corrected chi connectivity index (χ4v) is 2.89. The summed E-state index contributed by atoms with van der Waals surface area (Å²) in [6.07, 6.45) is -5.44. The van der Waals surface area contributed by atoms with Crippen LogP contribution in [-0.4, -0.2) is 52.8 Å². The van der Waals surface area contributed by atoms with E-state index in [0.29, 0.717) is 12.0 Å². The van der Waals surface area contributed by atoms with E-state index in [1.807, 2.05) is 0 Å². The van der Waals surface area contributed by atoms with Gasteiger partial charge in [-0.25, -0.2) is 4.79 Å². The minimum absolute atomic E-state index is 0.00586. The van der Waals surface area contributed by atoms with Crippen LogP contribution in [0.15, 0.2) is 24.3 Å². The molecule has 6 nitrogen and oxygen atoms in total. The third-order valence-corrected chi connectivity index (χ3v) is 4.20. The van der Waals surface area contributed by atoms with Crippen LogP contribution in [0.25, 0.3) is 0 Å². The second-order valence-corrected chi connectivity index (χ2v) is 7.77. The van der Waals surface area contributed by atoms with Crippen molar-refractivity contribution in [1.29, 1.82) is 0 Å². The lowest BCUT2D eigenvalue weighted by molar-refractivity contribution is -0.137. The first-order chi connectivity index (χ1) is 12.9. The first-order valence-corrected chi connectivity index (χ1v) is 8.98. The number of hydrogen-bond donors (Lipinski definition) is 2. The highest BCUT2D eigenvalue weighted by atomic mass is 19.4. The van der Waals surface area contributed by atoms with E-state index in [-0.39, 0.29) is 19.5 Å². The average Bonchev–Trinajstić information content (AvgIpc) is 2.95. The molecule has 2 N–H and O–H groups in total. The van der Waals surface area contributed by atoms with Crippen LogP contribution in [0, 0.1) is 0 Å². The van der Waals surface area contributed by atoms with Crippen molar-refractivity contribution in [3.63, 3.8) is 0 Å². The number of hydrogen-bond acceptors (Lipinski definition) is 4. The summed E-state index contributed by atoms with van der Waals surface area (Å²) in [7, 11) is 0. The Morgan fingerprint density at radius 2 is 1.82 bits per heavy atom. The van der Waals surface area contributed by atoms with Gasteiger partial charge in [0.15, 0.2) is 0 Å². The van der Waals surface area contributed by atoms with Gasteiger partial charge in [-0.05, 0) is 44.9 Å². The fourth-order valence-electron chi connectivity index (χ4n) is 2.89. The molecule has 1 aliphatic heterocycles. The van der Waals surface area contributed by atoms with E-state index < -0.39 is 41.5 Å². The van der Waals surface area contributed by atoms with Gasteiger partial charge in [-0.2, -0.15) is 13.2 Å². The maximum Gasteiger partial charge on any atom is 0.416 e. The van der Waals surface area contributed by atoms with Crippen LogP contribution in [0.5, 0.6) is 0 Å². The Labute approximate surface area is 161 Å². The average molecular weight is 402 g/mol. The van der Waals surface area contributed by atoms with Crippen molar-refractivity contribution in [1.82, 2.24) is 10.2 Å². The van der Waals surface area contributed by atoms with Gasteiger partial charge in [0, 0.05) is 13.0 Å². The SMILES string of the molecule is CC(C)(C)OC(=O)N1C[C@@H](O)C[C@H]1C(=O)NCCc1ccc(C(F)(F)F)cc1. The lowest BCUT2D eigenvalue weighted by Crippen LogP contribution is -2.47. The smallest absolute Gasteiger partial charge is 0.416 e. The molecule has 9 heteroatoms. The summed E-state index contributed by atoms with van der Waals surface area (Å²) < 4.78 is 43.0. The highest BCUT2D eigenvalue weighted by molar-refractivity contribution is 5.86. The Kier molecular flexibility index (Phi) is 6.59. The Morgan fingerprint density at radius 3 is 2.36 bits per heavy atom. The lowest BCUT2D eigenvalue weighted by Gasteiger charge is -2.27. The summed E-state index contributed by atoms with van der Waals surface area (Å²) in [6, 6.07) is 3.86. The number of aliphatic hydroxyl groups is 1. The molecule has 0 bridgehead atoms. The van der Waals surface area contributed by atoms with Crippen molar-refractivity contribution >= 4 is 12.0 Å². The minimum atomic E-state index is -4.39. The number of benzene rings is 1. The molecule has 1 aromatic carbocycles. The van der Waals surface area contributed by atoms with Crippen molar-refractivity contribution in [2.24, 2.45) is 0 Å². The molecule has 156 valence electrons. The largest absolute Gasteiger partial charge is 0.444 e. The van der Waals surface area contributed by atoms with Gasteiger partial charge in [-0.1, -0.05) is 12.1 Å². The first-order valence-electron chi connectivity index (χ1n) is 8.98. The molecule has 2 atom stereocenters. The van der Waals surface area contributed by atoms with Crippen LogP contribution in [0.1, 0.15) is 38.3 Å². The highest BCUT2D eigenvalue weighted by Crippen LogP contribution is 2.29. The number of halogens is 3. The van der Waals surface area contributed by atoms with Gasteiger partial charge in [-0.3, -0.25) is 9.69 Å². The molecule has 0 spiro atoms. The molecule has 1 heterocycles. The number of nitrogens with zero attached hydrogens (tertiary/aromatic N) is 1. The first kappa shape index (κ1) is 22.0. The molecule has 1 saturated heterocycles. The number of rotatable bonds is 4. The number of β-amino-alcohol motifs (C(OH)–C–C–N with tert-alkyl or cyclic N) is 1. The van der Waals surface area contributed by atoms with E-state index in [1.54, 1.807) is 20.8 Å². The molecule has 0 aromatic heterocycles. The quantitative estimate of drug-likeness (QED) is 0.812. The minimum Gasteiger partial charge on any atom is -0.444 e. The van der Waals surface area contributed by atoms with Crippen molar-refractivity contribution in [2.75, 3.05) is 13.1 Å². The number of nitrogens with one attached hydrogen (secondary N) is 1. The molecular formula is C19H25F3N2O4. The maximum atomic E-state index is 12.6. The molecule has 28 heavy (non-hydrogen) atoms. The van der Waals surface area contributed by atoms with E-state index in [1.165, 1.54) is 17.0 Å². The predicted octanol–water partition coefficient (Wildman–Crippen LogP) is 2.73. The number of aliphatic hydroxyl groups excluding tert-OH is 1. The van der Waals surface area contributed by atoms with Crippen molar-refractivity contribution in [2.45, 2.75) is 57.5 Å². The zero-order valence-corrected chi connectivity index (χ0v) is 16.0. The predicted molar refractivity (Wildman–Crippen MR) is 95.5 cm³/mol. The van der Waals surface area contributed by atoms with Crippen molar-refractivity contribution < 1.29 is 32.6 Å². The second-order valence-electron chi connectivity index (χ2n) is 7.77. The van der Waals surface area contributed by atoms with Gasteiger partial charge < -0.3 is 15.2 Å². The van der Waals surface area contributed by atoms with Gasteiger partial charge in [-0.15, -0.1) is 0 Å². The van der Waals surface area contributed by atoms with Gasteiger partial charge in [0.1, 0.15) is 11.6 Å². The third-order valence-electron chi connectivity index (χ3n) is 4.20. The monoisotopic (exact) mass is 402 g/mol. The number of amides is 2. The molecule has 1 aromatic rings. The zero-order chi connectivity index (χ0) is 21.1. The normalized spacial score (nSPS) is 20.2. The summed E-state index contributed by atoms with van der Waals surface area (Å²) in [5.74, 6) is -0.436. The topological polar surface area (TPSA) is 78.9 Å². The van der Waals surface area contributed by atoms with Crippen LogP contribution >= 0.6 is 0 Å². The van der Waals surface area contributed by atoms with Crippen LogP contribution in [0.4, 0.5) is 18.0 Å². The molecule has 2 amide bonds. The van der Waals surface area contributed by atoms with Crippen molar-refractivity contribution in [3.05, 3.63) is 35.4 Å². The van der Waals surface area contributed by atoms with Crippen LogP contribution in [0.3, 0.4) is 0 Å². The standard InChI is InChI=1S/C19H25F3N2O4/c1-18(2,3)28-17(27)24-11-14(25)10-15(24)16(26)23-9-8-12-4-6-13(7-5-12)19(20,21)22/h4-7,14-15,25H,8-11H2,1-3H3,(H,23,26)/t14-,15-/m0/s1. The van der Waals surface area contributed by atoms with E-state index in [9.17, 15) is 27.9 Å². The second kappa shape index (κ2) is 8.38. The highest BCUT2D eigenvalue weighted by Gasteiger charge is 2.40. The third kappa shape index (κ3) is 6.12. The Hall–Kier alpha value is -2.29. The zero-order valence-electron chi connectivity index (χ0n) is 16.0.